The molecule has 0 aromatic heterocycles. The topological polar surface area (TPSA) is 73.4 Å². The van der Waals surface area contributed by atoms with Gasteiger partial charge in [-0.15, -0.1) is 0 Å². The maximum Gasteiger partial charge on any atom is 0.282 e. The van der Waals surface area contributed by atoms with Crippen molar-refractivity contribution in [2.45, 2.75) is 26.7 Å². The molecule has 0 bridgehead atoms. The Kier molecular flexibility index (Phi) is 6.86. The number of carbonyl (C=O) groups is 1. The molecular formula is C22H34N4O4S. The molecule has 0 saturated carbocycles. The summed E-state index contributed by atoms with van der Waals surface area (Å²) in [7, 11) is -3.53. The normalized spacial score (nSPS) is 24.4. The van der Waals surface area contributed by atoms with Gasteiger partial charge in [-0.1, -0.05) is 12.1 Å². The van der Waals surface area contributed by atoms with Crippen molar-refractivity contribution < 1.29 is 17.9 Å². The number of morpholine rings is 1. The average Bonchev–Trinajstić information content (AvgIpc) is 2.81. The molecule has 1 aromatic rings. The number of hydrogen-bond donors (Lipinski definition) is 0. The molecule has 3 aliphatic heterocycles. The number of piperazine rings is 1. The summed E-state index contributed by atoms with van der Waals surface area (Å²) >= 11 is 0. The maximum absolute atomic E-state index is 13.2. The van der Waals surface area contributed by atoms with Crippen molar-refractivity contribution in [2.75, 3.05) is 70.5 Å². The summed E-state index contributed by atoms with van der Waals surface area (Å²) < 4.78 is 34.3. The molecule has 0 spiro atoms. The van der Waals surface area contributed by atoms with Gasteiger partial charge in [0, 0.05) is 58.0 Å². The van der Waals surface area contributed by atoms with Crippen LogP contribution in [0.5, 0.6) is 0 Å². The van der Waals surface area contributed by atoms with Crippen LogP contribution < -0.4 is 4.90 Å². The molecule has 4 rings (SSSR count). The zero-order valence-electron chi connectivity index (χ0n) is 18.6. The molecule has 1 aromatic carbocycles. The summed E-state index contributed by atoms with van der Waals surface area (Å²) in [6.45, 7) is 9.60. The van der Waals surface area contributed by atoms with Crippen LogP contribution in [-0.4, -0.2) is 93.4 Å². The fourth-order valence-electron chi connectivity index (χ4n) is 4.78. The van der Waals surface area contributed by atoms with E-state index >= 15 is 0 Å². The number of aryl methyl sites for hydroxylation is 2. The zero-order valence-corrected chi connectivity index (χ0v) is 19.4. The Morgan fingerprint density at radius 3 is 2.39 bits per heavy atom. The highest BCUT2D eigenvalue weighted by Crippen LogP contribution is 2.26. The highest BCUT2D eigenvalue weighted by atomic mass is 32.2. The van der Waals surface area contributed by atoms with Gasteiger partial charge in [-0.2, -0.15) is 17.0 Å². The number of ether oxygens (including phenoxy) is 1. The van der Waals surface area contributed by atoms with Gasteiger partial charge in [-0.3, -0.25) is 4.79 Å². The van der Waals surface area contributed by atoms with Gasteiger partial charge >= 0.3 is 0 Å². The van der Waals surface area contributed by atoms with Crippen molar-refractivity contribution in [2.24, 2.45) is 5.92 Å². The average molecular weight is 451 g/mol. The molecule has 3 aliphatic rings. The summed E-state index contributed by atoms with van der Waals surface area (Å²) in [6.07, 6.45) is 1.48. The van der Waals surface area contributed by atoms with E-state index in [1.807, 2.05) is 4.90 Å². The second-order valence-corrected chi connectivity index (χ2v) is 10.7. The van der Waals surface area contributed by atoms with Crippen LogP contribution in [0.3, 0.4) is 0 Å². The lowest BCUT2D eigenvalue weighted by Crippen LogP contribution is -2.55. The molecule has 0 radical (unpaired) electrons. The number of nitrogens with zero attached hydrogens (tertiary/aromatic N) is 4. The Labute approximate surface area is 185 Å². The minimum atomic E-state index is -3.53. The molecule has 0 N–H and O–H groups in total. The van der Waals surface area contributed by atoms with Crippen molar-refractivity contribution in [1.29, 1.82) is 0 Å². The summed E-state index contributed by atoms with van der Waals surface area (Å²) in [5.41, 5.74) is 3.73. The van der Waals surface area contributed by atoms with E-state index in [4.69, 9.17) is 4.74 Å². The molecular weight excluding hydrogens is 416 g/mol. The number of amides is 1. The first-order valence-electron chi connectivity index (χ1n) is 11.3. The van der Waals surface area contributed by atoms with Crippen molar-refractivity contribution >= 4 is 21.8 Å². The van der Waals surface area contributed by atoms with Crippen molar-refractivity contribution in [3.63, 3.8) is 0 Å². The number of hydrogen-bond acceptors (Lipinski definition) is 5. The lowest BCUT2D eigenvalue weighted by Gasteiger charge is -2.40. The van der Waals surface area contributed by atoms with Gasteiger partial charge < -0.3 is 14.5 Å². The van der Waals surface area contributed by atoms with Gasteiger partial charge in [-0.25, -0.2) is 0 Å². The van der Waals surface area contributed by atoms with Crippen molar-refractivity contribution in [1.82, 2.24) is 13.5 Å². The minimum Gasteiger partial charge on any atom is -0.379 e. The Morgan fingerprint density at radius 1 is 0.968 bits per heavy atom. The molecule has 1 atom stereocenters. The standard InChI is InChI=1S/C22H34N4O4S/c1-18-5-6-19(2)21(16-18)23-8-10-24(11-9-23)22(27)20-4-3-7-26(17-20)31(28,29)25-12-14-30-15-13-25/h5-6,16,20H,3-4,7-15,17H2,1-2H3/t20-/m1/s1. The summed E-state index contributed by atoms with van der Waals surface area (Å²) in [5, 5.41) is 0. The van der Waals surface area contributed by atoms with Gasteiger partial charge in [-0.05, 0) is 43.9 Å². The van der Waals surface area contributed by atoms with Crippen molar-refractivity contribution in [3.8, 4) is 0 Å². The second kappa shape index (κ2) is 9.44. The number of benzene rings is 1. The maximum atomic E-state index is 13.2. The van der Waals surface area contributed by atoms with E-state index in [9.17, 15) is 13.2 Å². The number of anilines is 1. The molecule has 1 amide bonds. The van der Waals surface area contributed by atoms with E-state index in [1.54, 1.807) is 0 Å². The third-order valence-corrected chi connectivity index (χ3v) is 8.65. The summed E-state index contributed by atoms with van der Waals surface area (Å²) in [4.78, 5) is 17.5. The Balaban J connectivity index is 1.36. The summed E-state index contributed by atoms with van der Waals surface area (Å²) in [6, 6.07) is 6.48. The van der Waals surface area contributed by atoms with Crippen LogP contribution in [0.1, 0.15) is 24.0 Å². The van der Waals surface area contributed by atoms with E-state index in [0.29, 0.717) is 45.9 Å². The van der Waals surface area contributed by atoms with Gasteiger partial charge in [0.15, 0.2) is 0 Å². The lowest BCUT2D eigenvalue weighted by atomic mass is 9.97. The van der Waals surface area contributed by atoms with Gasteiger partial charge in [0.05, 0.1) is 19.1 Å². The van der Waals surface area contributed by atoms with Crippen LogP contribution in [0.25, 0.3) is 0 Å². The summed E-state index contributed by atoms with van der Waals surface area (Å²) in [5.74, 6) is -0.153. The SMILES string of the molecule is Cc1ccc(C)c(N2CCN(C(=O)[C@@H]3CCCN(S(=O)(=O)N4CCOCC4)C3)CC2)c1. The third kappa shape index (κ3) is 4.89. The quantitative estimate of drug-likeness (QED) is 0.690. The smallest absolute Gasteiger partial charge is 0.282 e. The molecule has 9 heteroatoms. The number of rotatable bonds is 4. The largest absolute Gasteiger partial charge is 0.379 e. The molecule has 0 unspecified atom stereocenters. The van der Waals surface area contributed by atoms with Crippen LogP contribution in [0.15, 0.2) is 18.2 Å². The van der Waals surface area contributed by atoms with E-state index < -0.39 is 10.2 Å². The molecule has 0 aliphatic carbocycles. The Morgan fingerprint density at radius 2 is 1.68 bits per heavy atom. The molecule has 3 fully saturated rings. The van der Waals surface area contributed by atoms with Gasteiger partial charge in [0.2, 0.25) is 5.91 Å². The minimum absolute atomic E-state index is 0.0995. The van der Waals surface area contributed by atoms with Gasteiger partial charge in [0.1, 0.15) is 0 Å². The molecule has 31 heavy (non-hydrogen) atoms. The predicted octanol–water partition coefficient (Wildman–Crippen LogP) is 1.24. The molecule has 3 heterocycles. The van der Waals surface area contributed by atoms with Crippen LogP contribution in [0.4, 0.5) is 5.69 Å². The van der Waals surface area contributed by atoms with E-state index in [0.717, 1.165) is 25.9 Å². The second-order valence-electron chi connectivity index (χ2n) is 8.82. The Bertz CT molecular complexity index is 893. The first kappa shape index (κ1) is 22.5. The highest BCUT2D eigenvalue weighted by molar-refractivity contribution is 7.86. The predicted molar refractivity (Wildman–Crippen MR) is 120 cm³/mol. The number of carbonyl (C=O) groups excluding carboxylic acids is 1. The van der Waals surface area contributed by atoms with E-state index in [2.05, 4.69) is 36.9 Å². The van der Waals surface area contributed by atoms with Crippen LogP contribution >= 0.6 is 0 Å². The third-order valence-electron chi connectivity index (χ3n) is 6.65. The Hall–Kier alpha value is -1.68. The first-order chi connectivity index (χ1) is 14.9. The molecule has 8 nitrogen and oxygen atoms in total. The highest BCUT2D eigenvalue weighted by Gasteiger charge is 2.38. The van der Waals surface area contributed by atoms with Crippen LogP contribution in [-0.2, 0) is 19.7 Å². The number of piperidine rings is 1. The fourth-order valence-corrected chi connectivity index (χ4v) is 6.45. The first-order valence-corrected chi connectivity index (χ1v) is 12.7. The molecule has 172 valence electrons. The lowest BCUT2D eigenvalue weighted by molar-refractivity contribution is -0.137. The van der Waals surface area contributed by atoms with Crippen molar-refractivity contribution in [3.05, 3.63) is 29.3 Å². The van der Waals surface area contributed by atoms with Crippen LogP contribution in [0.2, 0.25) is 0 Å². The molecule has 3 saturated heterocycles. The zero-order chi connectivity index (χ0) is 22.0. The fraction of sp³-hybridized carbons (Fsp3) is 0.682. The van der Waals surface area contributed by atoms with E-state index in [-0.39, 0.29) is 18.4 Å². The van der Waals surface area contributed by atoms with Gasteiger partial charge in [0.25, 0.3) is 10.2 Å². The monoisotopic (exact) mass is 450 g/mol. The van der Waals surface area contributed by atoms with E-state index in [1.165, 1.54) is 25.4 Å². The van der Waals surface area contributed by atoms with Crippen LogP contribution in [0, 0.1) is 19.8 Å².